The molecule has 6 nitrogen and oxygen atoms in total. The standard InChI is InChI=1S/C28H23N3O.C2H4O2/c1-19-8-2-3-9-21(19)26(31)27(32)20-12-13-23-22-10-4-5-11-24(22)28(14-6-16-29,15-7-17-30)25(23)18-20;1-2(3)4/h2-5,8-13,18,31H,6-7,14-15H2,1H3;1H3,(H,3,4). The molecule has 1 aliphatic rings. The number of hydrogen-bond donors (Lipinski definition) is 2. The molecule has 0 radical (unpaired) electrons. The summed E-state index contributed by atoms with van der Waals surface area (Å²) in [6.07, 6.45) is 1.89. The van der Waals surface area contributed by atoms with Crippen molar-refractivity contribution in [1.29, 1.82) is 15.9 Å². The van der Waals surface area contributed by atoms with E-state index in [0.29, 0.717) is 36.8 Å². The summed E-state index contributed by atoms with van der Waals surface area (Å²) in [6.45, 7) is 2.98. The Balaban J connectivity index is 0.000000840. The van der Waals surface area contributed by atoms with Crippen LogP contribution < -0.4 is 0 Å². The first-order valence-corrected chi connectivity index (χ1v) is 11.6. The summed E-state index contributed by atoms with van der Waals surface area (Å²) in [4.78, 5) is 22.3. The number of nitriles is 2. The number of hydrogen-bond acceptors (Lipinski definition) is 5. The molecule has 0 saturated carbocycles. The van der Waals surface area contributed by atoms with Gasteiger partial charge in [-0.05, 0) is 53.6 Å². The lowest BCUT2D eigenvalue weighted by atomic mass is 9.71. The molecule has 36 heavy (non-hydrogen) atoms. The van der Waals surface area contributed by atoms with Crippen molar-refractivity contribution in [1.82, 2.24) is 0 Å². The number of benzene rings is 3. The summed E-state index contributed by atoms with van der Waals surface area (Å²) in [7, 11) is 0. The van der Waals surface area contributed by atoms with Gasteiger partial charge in [-0.1, -0.05) is 60.7 Å². The number of carbonyl (C=O) groups is 2. The summed E-state index contributed by atoms with van der Waals surface area (Å²) >= 11 is 0. The molecule has 3 aromatic carbocycles. The normalized spacial score (nSPS) is 12.1. The van der Waals surface area contributed by atoms with Gasteiger partial charge in [-0.2, -0.15) is 10.5 Å². The minimum atomic E-state index is -0.833. The summed E-state index contributed by atoms with van der Waals surface area (Å²) in [5.41, 5.74) is 5.67. The fourth-order valence-corrected chi connectivity index (χ4v) is 4.92. The second-order valence-electron chi connectivity index (χ2n) is 8.74. The minimum absolute atomic E-state index is 0.0294. The highest BCUT2D eigenvalue weighted by atomic mass is 16.4. The van der Waals surface area contributed by atoms with Gasteiger partial charge in [-0.15, -0.1) is 0 Å². The number of carboxylic acids is 1. The topological polar surface area (TPSA) is 126 Å². The molecule has 0 aliphatic heterocycles. The lowest BCUT2D eigenvalue weighted by Crippen LogP contribution is -2.26. The molecule has 1 aliphatic carbocycles. The van der Waals surface area contributed by atoms with Crippen molar-refractivity contribution >= 4 is 17.5 Å². The van der Waals surface area contributed by atoms with Gasteiger partial charge in [0.05, 0.1) is 12.1 Å². The first kappa shape index (κ1) is 26.1. The first-order valence-electron chi connectivity index (χ1n) is 11.6. The lowest BCUT2D eigenvalue weighted by Gasteiger charge is -2.31. The molecule has 2 N–H and O–H groups in total. The van der Waals surface area contributed by atoms with Gasteiger partial charge in [0.25, 0.3) is 5.97 Å². The zero-order valence-corrected chi connectivity index (χ0v) is 20.3. The SMILES string of the molecule is CC(=O)O.Cc1ccccc1C(=N)C(=O)c1ccc2c(c1)C(CCC#N)(CCC#N)c1ccccc1-2. The second kappa shape index (κ2) is 11.3. The van der Waals surface area contributed by atoms with E-state index in [0.717, 1.165) is 34.7 Å². The van der Waals surface area contributed by atoms with E-state index in [9.17, 15) is 15.3 Å². The van der Waals surface area contributed by atoms with Crippen LogP contribution in [0.15, 0.2) is 66.7 Å². The van der Waals surface area contributed by atoms with Crippen LogP contribution in [0.25, 0.3) is 11.1 Å². The Labute approximate surface area is 211 Å². The van der Waals surface area contributed by atoms with E-state index < -0.39 is 11.4 Å². The van der Waals surface area contributed by atoms with Crippen LogP contribution in [0.3, 0.4) is 0 Å². The molecule has 0 spiro atoms. The van der Waals surface area contributed by atoms with Gasteiger partial charge in [-0.3, -0.25) is 15.0 Å². The largest absolute Gasteiger partial charge is 0.481 e. The maximum absolute atomic E-state index is 13.3. The van der Waals surface area contributed by atoms with Crippen LogP contribution in [-0.4, -0.2) is 22.6 Å². The number of rotatable bonds is 7. The maximum Gasteiger partial charge on any atom is 0.300 e. The van der Waals surface area contributed by atoms with E-state index in [1.165, 1.54) is 0 Å². The molecule has 180 valence electrons. The van der Waals surface area contributed by atoms with Gasteiger partial charge in [0.15, 0.2) is 0 Å². The van der Waals surface area contributed by atoms with Gasteiger partial charge in [0.1, 0.15) is 5.71 Å². The minimum Gasteiger partial charge on any atom is -0.481 e. The fraction of sp³-hybridized carbons (Fsp3) is 0.233. The van der Waals surface area contributed by atoms with E-state index in [4.69, 9.17) is 15.3 Å². The Hall–Kier alpha value is -4.55. The lowest BCUT2D eigenvalue weighted by molar-refractivity contribution is -0.134. The third-order valence-corrected chi connectivity index (χ3v) is 6.50. The molecule has 6 heteroatoms. The average molecular weight is 478 g/mol. The number of carboxylic acid groups (broad SMARTS) is 1. The Bertz CT molecular complexity index is 1390. The first-order chi connectivity index (χ1) is 17.3. The number of Topliss-reactive ketones (excluding diaryl/α,β-unsaturated/α-hetero) is 1. The van der Waals surface area contributed by atoms with Crippen LogP contribution in [0.1, 0.15) is 65.2 Å². The van der Waals surface area contributed by atoms with Crippen molar-refractivity contribution < 1.29 is 14.7 Å². The van der Waals surface area contributed by atoms with Gasteiger partial charge in [0.2, 0.25) is 5.78 Å². The predicted molar refractivity (Wildman–Crippen MR) is 138 cm³/mol. The van der Waals surface area contributed by atoms with Crippen LogP contribution >= 0.6 is 0 Å². The molecule has 0 fully saturated rings. The van der Waals surface area contributed by atoms with Crippen LogP contribution in [0, 0.1) is 35.0 Å². The zero-order chi connectivity index (χ0) is 26.3. The monoisotopic (exact) mass is 477 g/mol. The molecule has 0 aromatic heterocycles. The Morgan fingerprint density at radius 3 is 2.06 bits per heavy atom. The molecule has 0 unspecified atom stereocenters. The third kappa shape index (κ3) is 5.09. The number of ketones is 1. The number of aryl methyl sites for hydroxylation is 1. The molecule has 4 rings (SSSR count). The molecular weight excluding hydrogens is 450 g/mol. The second-order valence-corrected chi connectivity index (χ2v) is 8.74. The van der Waals surface area contributed by atoms with Crippen molar-refractivity contribution in [3.8, 4) is 23.3 Å². The Kier molecular flexibility index (Phi) is 8.14. The molecule has 0 heterocycles. The van der Waals surface area contributed by atoms with Crippen molar-refractivity contribution in [3.05, 3.63) is 94.5 Å². The molecule has 0 atom stereocenters. The molecule has 0 amide bonds. The molecule has 0 saturated heterocycles. The fourth-order valence-electron chi connectivity index (χ4n) is 4.92. The summed E-state index contributed by atoms with van der Waals surface area (Å²) in [6, 6.07) is 25.7. The number of aliphatic carboxylic acids is 1. The predicted octanol–water partition coefficient (Wildman–Crippen LogP) is 6.21. The third-order valence-electron chi connectivity index (χ3n) is 6.50. The van der Waals surface area contributed by atoms with E-state index >= 15 is 0 Å². The molecule has 0 bridgehead atoms. The number of fused-ring (bicyclic) bond motifs is 3. The van der Waals surface area contributed by atoms with Crippen molar-refractivity contribution in [2.24, 2.45) is 0 Å². The van der Waals surface area contributed by atoms with E-state index in [-0.39, 0.29) is 11.5 Å². The number of nitrogens with one attached hydrogen (secondary N) is 1. The van der Waals surface area contributed by atoms with Gasteiger partial charge >= 0.3 is 0 Å². The Morgan fingerprint density at radius 2 is 1.44 bits per heavy atom. The zero-order valence-electron chi connectivity index (χ0n) is 20.3. The van der Waals surface area contributed by atoms with Gasteiger partial charge in [0, 0.05) is 36.3 Å². The van der Waals surface area contributed by atoms with Crippen molar-refractivity contribution in [2.45, 2.75) is 44.9 Å². The summed E-state index contributed by atoms with van der Waals surface area (Å²) in [5, 5.41) is 34.6. The number of nitrogens with zero attached hydrogens (tertiary/aromatic N) is 2. The quantitative estimate of drug-likeness (QED) is 0.309. The van der Waals surface area contributed by atoms with Crippen LogP contribution in [0.4, 0.5) is 0 Å². The number of carbonyl (C=O) groups excluding carboxylic acids is 1. The average Bonchev–Trinajstić information content (AvgIpc) is 3.14. The van der Waals surface area contributed by atoms with Crippen molar-refractivity contribution in [3.63, 3.8) is 0 Å². The highest BCUT2D eigenvalue weighted by molar-refractivity contribution is 6.50. The maximum atomic E-state index is 13.3. The van der Waals surface area contributed by atoms with Crippen LogP contribution in [0.2, 0.25) is 0 Å². The van der Waals surface area contributed by atoms with E-state index in [1.807, 2.05) is 49.4 Å². The summed E-state index contributed by atoms with van der Waals surface area (Å²) < 4.78 is 0. The highest BCUT2D eigenvalue weighted by Gasteiger charge is 2.42. The molecular formula is C30H27N3O3. The van der Waals surface area contributed by atoms with Gasteiger partial charge in [-0.25, -0.2) is 0 Å². The van der Waals surface area contributed by atoms with E-state index in [2.05, 4.69) is 24.3 Å². The van der Waals surface area contributed by atoms with Crippen molar-refractivity contribution in [2.75, 3.05) is 0 Å². The Morgan fingerprint density at radius 1 is 0.889 bits per heavy atom. The van der Waals surface area contributed by atoms with E-state index in [1.54, 1.807) is 12.1 Å². The van der Waals surface area contributed by atoms with Crippen LogP contribution in [0.5, 0.6) is 0 Å². The molecule has 3 aromatic rings. The highest BCUT2D eigenvalue weighted by Crippen LogP contribution is 2.53. The van der Waals surface area contributed by atoms with Crippen LogP contribution in [-0.2, 0) is 10.2 Å². The van der Waals surface area contributed by atoms with Gasteiger partial charge < -0.3 is 5.11 Å². The summed E-state index contributed by atoms with van der Waals surface area (Å²) in [5.74, 6) is -1.16. The smallest absolute Gasteiger partial charge is 0.300 e.